The number of hydrogen-bond acceptors (Lipinski definition) is 4. The molecule has 0 aliphatic carbocycles. The van der Waals surface area contributed by atoms with Gasteiger partial charge < -0.3 is 19.5 Å². The van der Waals surface area contributed by atoms with Crippen LogP contribution >= 0.6 is 0 Å². The minimum Gasteiger partial charge on any atom is -0.494 e. The first-order valence-electron chi connectivity index (χ1n) is 10.4. The van der Waals surface area contributed by atoms with Gasteiger partial charge in [-0.25, -0.2) is 0 Å². The third kappa shape index (κ3) is 6.06. The summed E-state index contributed by atoms with van der Waals surface area (Å²) in [6, 6.07) is 16.9. The van der Waals surface area contributed by atoms with Gasteiger partial charge in [0.05, 0.1) is 25.9 Å². The van der Waals surface area contributed by atoms with Gasteiger partial charge in [0, 0.05) is 25.5 Å². The molecule has 4 nitrogen and oxygen atoms in total. The molecule has 1 heterocycles. The van der Waals surface area contributed by atoms with E-state index in [0.29, 0.717) is 25.7 Å². The van der Waals surface area contributed by atoms with E-state index in [2.05, 4.69) is 67.7 Å². The van der Waals surface area contributed by atoms with Crippen LogP contribution < -0.4 is 10.1 Å². The molecular formula is C24H33NO3. The van der Waals surface area contributed by atoms with E-state index in [-0.39, 0.29) is 6.10 Å². The van der Waals surface area contributed by atoms with Crippen molar-refractivity contribution >= 4 is 0 Å². The maximum atomic E-state index is 5.91. The summed E-state index contributed by atoms with van der Waals surface area (Å²) in [5.41, 5.74) is 3.87. The Morgan fingerprint density at radius 1 is 1.04 bits per heavy atom. The van der Waals surface area contributed by atoms with Crippen LogP contribution in [0.1, 0.15) is 42.4 Å². The Bertz CT molecular complexity index is 699. The molecule has 0 aromatic heterocycles. The first-order valence-corrected chi connectivity index (χ1v) is 10.4. The van der Waals surface area contributed by atoms with Crippen LogP contribution in [0, 0.1) is 6.92 Å². The minimum atomic E-state index is 0.260. The zero-order chi connectivity index (χ0) is 19.6. The van der Waals surface area contributed by atoms with E-state index < -0.39 is 0 Å². The van der Waals surface area contributed by atoms with Crippen LogP contribution in [0.4, 0.5) is 0 Å². The largest absolute Gasteiger partial charge is 0.494 e. The fourth-order valence-corrected chi connectivity index (χ4v) is 3.72. The Balaban J connectivity index is 1.38. The smallest absolute Gasteiger partial charge is 0.119 e. The third-order valence-electron chi connectivity index (χ3n) is 5.34. The summed E-state index contributed by atoms with van der Waals surface area (Å²) in [4.78, 5) is 0. The monoisotopic (exact) mass is 383 g/mol. The lowest BCUT2D eigenvalue weighted by atomic mass is 9.88. The van der Waals surface area contributed by atoms with Crippen LogP contribution in [0.2, 0.25) is 0 Å². The molecule has 152 valence electrons. The van der Waals surface area contributed by atoms with Gasteiger partial charge in [0.15, 0.2) is 0 Å². The predicted octanol–water partition coefficient (Wildman–Crippen LogP) is 4.46. The molecule has 1 aliphatic heterocycles. The number of hydrogen-bond donors (Lipinski definition) is 1. The molecule has 1 N–H and O–H groups in total. The lowest BCUT2D eigenvalue weighted by molar-refractivity contribution is 0.0298. The number of ether oxygens (including phenoxy) is 3. The number of nitrogens with one attached hydrogen (secondary N) is 1. The highest BCUT2D eigenvalue weighted by Gasteiger charge is 2.26. The van der Waals surface area contributed by atoms with E-state index in [4.69, 9.17) is 14.2 Å². The van der Waals surface area contributed by atoms with Crippen molar-refractivity contribution in [2.75, 3.05) is 32.9 Å². The summed E-state index contributed by atoms with van der Waals surface area (Å²) >= 11 is 0. The Kier molecular flexibility index (Phi) is 8.34. The fraction of sp³-hybridized carbons (Fsp3) is 0.500. The summed E-state index contributed by atoms with van der Waals surface area (Å²) in [6.45, 7) is 8.96. The van der Waals surface area contributed by atoms with E-state index in [1.165, 1.54) is 16.7 Å². The lowest BCUT2D eigenvalue weighted by Crippen LogP contribution is -2.41. The van der Waals surface area contributed by atoms with E-state index in [1.54, 1.807) is 0 Å². The SMILES string of the molecule is CCOC1CNCCC1c1ccc(OCCCOCc2ccccc2C)cc1. The van der Waals surface area contributed by atoms with Crippen LogP contribution in [-0.2, 0) is 16.1 Å². The topological polar surface area (TPSA) is 39.7 Å². The average molecular weight is 384 g/mol. The van der Waals surface area contributed by atoms with Gasteiger partial charge in [0.1, 0.15) is 5.75 Å². The number of aryl methyl sites for hydroxylation is 1. The number of benzene rings is 2. The van der Waals surface area contributed by atoms with Gasteiger partial charge >= 0.3 is 0 Å². The molecule has 3 rings (SSSR count). The summed E-state index contributed by atoms with van der Waals surface area (Å²) in [6.07, 6.45) is 2.26. The van der Waals surface area contributed by atoms with E-state index in [0.717, 1.165) is 38.3 Å². The van der Waals surface area contributed by atoms with Gasteiger partial charge in [0.2, 0.25) is 0 Å². The fourth-order valence-electron chi connectivity index (χ4n) is 3.72. The van der Waals surface area contributed by atoms with Crippen LogP contribution in [0.15, 0.2) is 48.5 Å². The number of piperidine rings is 1. The molecule has 2 aromatic carbocycles. The molecule has 1 fully saturated rings. The molecule has 2 atom stereocenters. The van der Waals surface area contributed by atoms with Crippen LogP contribution in [-0.4, -0.2) is 39.0 Å². The van der Waals surface area contributed by atoms with Crippen molar-refractivity contribution in [1.82, 2.24) is 5.32 Å². The van der Waals surface area contributed by atoms with Gasteiger partial charge in [-0.05, 0) is 55.6 Å². The molecule has 0 radical (unpaired) electrons. The van der Waals surface area contributed by atoms with Crippen molar-refractivity contribution in [3.8, 4) is 5.75 Å². The summed E-state index contributed by atoms with van der Waals surface area (Å²) in [5.74, 6) is 1.38. The Morgan fingerprint density at radius 2 is 1.86 bits per heavy atom. The molecule has 0 saturated carbocycles. The normalized spacial score (nSPS) is 19.5. The summed E-state index contributed by atoms with van der Waals surface area (Å²) < 4.78 is 17.6. The van der Waals surface area contributed by atoms with Gasteiger partial charge in [-0.3, -0.25) is 0 Å². The quantitative estimate of drug-likeness (QED) is 0.615. The van der Waals surface area contributed by atoms with E-state index in [9.17, 15) is 0 Å². The first-order chi connectivity index (χ1) is 13.8. The maximum absolute atomic E-state index is 5.91. The van der Waals surface area contributed by atoms with Crippen molar-refractivity contribution in [3.63, 3.8) is 0 Å². The molecule has 4 heteroatoms. The molecule has 1 saturated heterocycles. The zero-order valence-corrected chi connectivity index (χ0v) is 17.2. The molecule has 0 bridgehead atoms. The maximum Gasteiger partial charge on any atom is 0.119 e. The van der Waals surface area contributed by atoms with E-state index in [1.807, 2.05) is 0 Å². The van der Waals surface area contributed by atoms with E-state index >= 15 is 0 Å². The van der Waals surface area contributed by atoms with Crippen LogP contribution in [0.3, 0.4) is 0 Å². The number of rotatable bonds is 10. The highest BCUT2D eigenvalue weighted by atomic mass is 16.5. The standard InChI is InChI=1S/C24H33NO3/c1-3-27-24-17-25-14-13-23(24)20-9-11-22(12-10-20)28-16-6-15-26-18-21-8-5-4-7-19(21)2/h4-5,7-12,23-25H,3,6,13-18H2,1-2H3. The van der Waals surface area contributed by atoms with Gasteiger partial charge in [-0.15, -0.1) is 0 Å². The van der Waals surface area contributed by atoms with Crippen molar-refractivity contribution < 1.29 is 14.2 Å². The van der Waals surface area contributed by atoms with Gasteiger partial charge in [-0.1, -0.05) is 36.4 Å². The Hall–Kier alpha value is -1.88. The minimum absolute atomic E-state index is 0.260. The molecule has 28 heavy (non-hydrogen) atoms. The summed E-state index contributed by atoms with van der Waals surface area (Å²) in [7, 11) is 0. The molecule has 0 amide bonds. The van der Waals surface area contributed by atoms with Crippen molar-refractivity contribution in [3.05, 3.63) is 65.2 Å². The molecular weight excluding hydrogens is 350 g/mol. The predicted molar refractivity (Wildman–Crippen MR) is 113 cm³/mol. The second kappa shape index (κ2) is 11.2. The molecule has 1 aliphatic rings. The second-order valence-electron chi connectivity index (χ2n) is 7.34. The average Bonchev–Trinajstić information content (AvgIpc) is 2.73. The molecule has 2 aromatic rings. The Morgan fingerprint density at radius 3 is 2.64 bits per heavy atom. The third-order valence-corrected chi connectivity index (χ3v) is 5.34. The lowest BCUT2D eigenvalue weighted by Gasteiger charge is -2.32. The summed E-state index contributed by atoms with van der Waals surface area (Å²) in [5, 5.41) is 3.43. The van der Waals surface area contributed by atoms with Crippen LogP contribution in [0.25, 0.3) is 0 Å². The van der Waals surface area contributed by atoms with Gasteiger partial charge in [-0.2, -0.15) is 0 Å². The Labute approximate surface area is 169 Å². The highest BCUT2D eigenvalue weighted by molar-refractivity contribution is 5.30. The second-order valence-corrected chi connectivity index (χ2v) is 7.34. The van der Waals surface area contributed by atoms with Gasteiger partial charge in [0.25, 0.3) is 0 Å². The molecule has 2 unspecified atom stereocenters. The highest BCUT2D eigenvalue weighted by Crippen LogP contribution is 2.29. The van der Waals surface area contributed by atoms with Crippen LogP contribution in [0.5, 0.6) is 5.75 Å². The zero-order valence-electron chi connectivity index (χ0n) is 17.2. The first kappa shape index (κ1) is 20.8. The van der Waals surface area contributed by atoms with Crippen molar-refractivity contribution in [2.24, 2.45) is 0 Å². The van der Waals surface area contributed by atoms with Crippen molar-refractivity contribution in [1.29, 1.82) is 0 Å². The molecule has 0 spiro atoms. The van der Waals surface area contributed by atoms with Crippen molar-refractivity contribution in [2.45, 2.75) is 45.3 Å².